The Morgan fingerprint density at radius 1 is 1.31 bits per heavy atom. The summed E-state index contributed by atoms with van der Waals surface area (Å²) in [5.41, 5.74) is 0.446. The first kappa shape index (κ1) is 16.9. The zero-order chi connectivity index (χ0) is 18.5. The summed E-state index contributed by atoms with van der Waals surface area (Å²) >= 11 is 0. The van der Waals surface area contributed by atoms with Gasteiger partial charge in [-0.3, -0.25) is 14.4 Å². The van der Waals surface area contributed by atoms with Gasteiger partial charge in [0.25, 0.3) is 5.91 Å². The van der Waals surface area contributed by atoms with Gasteiger partial charge < -0.3 is 15.3 Å². The van der Waals surface area contributed by atoms with E-state index in [1.807, 2.05) is 6.92 Å². The molecule has 1 spiro atoms. The fourth-order valence-corrected chi connectivity index (χ4v) is 4.11. The second kappa shape index (κ2) is 6.03. The number of carbonyl (C=O) groups excluding carboxylic acids is 2. The van der Waals surface area contributed by atoms with E-state index in [1.54, 1.807) is 11.1 Å². The number of likely N-dealkylation sites (tertiary alicyclic amines) is 1. The lowest BCUT2D eigenvalue weighted by molar-refractivity contribution is -0.144. The Balaban J connectivity index is 1.47. The molecule has 2 saturated heterocycles. The molecule has 26 heavy (non-hydrogen) atoms. The van der Waals surface area contributed by atoms with Crippen LogP contribution in [0.5, 0.6) is 0 Å². The Labute approximate surface area is 151 Å². The number of aliphatic carboxylic acids is 1. The molecule has 1 atom stereocenters. The minimum Gasteiger partial charge on any atom is -0.481 e. The summed E-state index contributed by atoms with van der Waals surface area (Å²) < 4.78 is 0. The van der Waals surface area contributed by atoms with Crippen LogP contribution in [0.15, 0.2) is 6.20 Å². The van der Waals surface area contributed by atoms with E-state index in [0.717, 1.165) is 18.7 Å². The molecule has 2 aliphatic heterocycles. The largest absolute Gasteiger partial charge is 0.481 e. The van der Waals surface area contributed by atoms with Crippen molar-refractivity contribution >= 4 is 17.8 Å². The van der Waals surface area contributed by atoms with Crippen LogP contribution in [0.3, 0.4) is 0 Å². The molecule has 3 heterocycles. The molecule has 0 unspecified atom stereocenters. The molecule has 0 aromatic carbocycles. The Hall–Kier alpha value is -2.51. The molecule has 8 heteroatoms. The molecule has 2 N–H and O–H groups in total. The molecule has 138 valence electrons. The third-order valence-corrected chi connectivity index (χ3v) is 5.86. The number of carbonyl (C=O) groups is 3. The molecule has 1 aliphatic carbocycles. The van der Waals surface area contributed by atoms with E-state index in [0.29, 0.717) is 43.1 Å². The van der Waals surface area contributed by atoms with Crippen LogP contribution in [0.1, 0.15) is 59.9 Å². The highest BCUT2D eigenvalue weighted by atomic mass is 16.4. The van der Waals surface area contributed by atoms with Crippen molar-refractivity contribution in [2.75, 3.05) is 13.1 Å². The molecule has 4 rings (SSSR count). The summed E-state index contributed by atoms with van der Waals surface area (Å²) in [6.45, 7) is 2.64. The van der Waals surface area contributed by atoms with Gasteiger partial charge in [-0.05, 0) is 32.6 Å². The van der Waals surface area contributed by atoms with E-state index in [1.165, 1.54) is 0 Å². The zero-order valence-corrected chi connectivity index (χ0v) is 14.7. The quantitative estimate of drug-likeness (QED) is 0.829. The summed E-state index contributed by atoms with van der Waals surface area (Å²) in [5, 5.41) is 12.3. The fourth-order valence-electron chi connectivity index (χ4n) is 4.11. The standard InChI is InChI=1S/C18H22N4O4/c1-10-12(9-19-15(20-10)11-2-3-11)16(24)22-6-4-18(5-7-22)13(17(25)26)8-14(23)21-18/h9,11,13H,2-8H2,1H3,(H,21,23)(H,25,26)/t13-/m1/s1. The average molecular weight is 358 g/mol. The van der Waals surface area contributed by atoms with E-state index in [2.05, 4.69) is 15.3 Å². The van der Waals surface area contributed by atoms with Gasteiger partial charge in [0.1, 0.15) is 5.82 Å². The van der Waals surface area contributed by atoms with E-state index < -0.39 is 17.4 Å². The minimum atomic E-state index is -0.956. The van der Waals surface area contributed by atoms with E-state index in [4.69, 9.17) is 0 Å². The van der Waals surface area contributed by atoms with Crippen molar-refractivity contribution in [1.29, 1.82) is 0 Å². The molecular formula is C18H22N4O4. The molecule has 8 nitrogen and oxygen atoms in total. The van der Waals surface area contributed by atoms with Crippen LogP contribution in [-0.4, -0.2) is 56.4 Å². The number of carboxylic acids is 1. The fraction of sp³-hybridized carbons (Fsp3) is 0.611. The first-order valence-electron chi connectivity index (χ1n) is 9.06. The van der Waals surface area contributed by atoms with Gasteiger partial charge in [0.15, 0.2) is 0 Å². The number of hydrogen-bond acceptors (Lipinski definition) is 5. The molecule has 2 amide bonds. The number of aryl methyl sites for hydroxylation is 1. The van der Waals surface area contributed by atoms with Gasteiger partial charge in [-0.2, -0.15) is 0 Å². The third kappa shape index (κ3) is 2.83. The topological polar surface area (TPSA) is 112 Å². The first-order chi connectivity index (χ1) is 12.4. The summed E-state index contributed by atoms with van der Waals surface area (Å²) in [6.07, 6.45) is 4.73. The molecule has 1 aromatic heterocycles. The summed E-state index contributed by atoms with van der Waals surface area (Å²) in [4.78, 5) is 46.6. The molecule has 3 fully saturated rings. The maximum Gasteiger partial charge on any atom is 0.309 e. The number of aromatic nitrogens is 2. The maximum atomic E-state index is 12.8. The van der Waals surface area contributed by atoms with Crippen molar-refractivity contribution in [2.24, 2.45) is 5.92 Å². The first-order valence-corrected chi connectivity index (χ1v) is 9.06. The number of nitrogens with zero attached hydrogens (tertiary/aromatic N) is 3. The van der Waals surface area contributed by atoms with Crippen molar-refractivity contribution in [2.45, 2.75) is 50.5 Å². The van der Waals surface area contributed by atoms with E-state index >= 15 is 0 Å². The Bertz CT molecular complexity index is 781. The predicted molar refractivity (Wildman–Crippen MR) is 90.5 cm³/mol. The lowest BCUT2D eigenvalue weighted by Crippen LogP contribution is -2.56. The van der Waals surface area contributed by atoms with Crippen LogP contribution in [0.2, 0.25) is 0 Å². The highest BCUT2D eigenvalue weighted by Gasteiger charge is 2.52. The predicted octanol–water partition coefficient (Wildman–Crippen LogP) is 0.858. The van der Waals surface area contributed by atoms with Gasteiger partial charge in [-0.15, -0.1) is 0 Å². The summed E-state index contributed by atoms with van der Waals surface area (Å²) in [6, 6.07) is 0. The van der Waals surface area contributed by atoms with Crippen LogP contribution in [0.4, 0.5) is 0 Å². The molecule has 1 saturated carbocycles. The van der Waals surface area contributed by atoms with Crippen LogP contribution < -0.4 is 5.32 Å². The van der Waals surface area contributed by atoms with Gasteiger partial charge in [0, 0.05) is 31.6 Å². The Kier molecular flexibility index (Phi) is 3.93. The third-order valence-electron chi connectivity index (χ3n) is 5.86. The normalized spacial score (nSPS) is 24.6. The van der Waals surface area contributed by atoms with Gasteiger partial charge in [-0.1, -0.05) is 0 Å². The molecule has 0 bridgehead atoms. The van der Waals surface area contributed by atoms with Gasteiger partial charge in [0.05, 0.1) is 22.7 Å². The molecule has 1 aromatic rings. The number of carboxylic acid groups (broad SMARTS) is 1. The zero-order valence-electron chi connectivity index (χ0n) is 14.7. The minimum absolute atomic E-state index is 0.0128. The van der Waals surface area contributed by atoms with Gasteiger partial charge in [-0.25, -0.2) is 9.97 Å². The van der Waals surface area contributed by atoms with E-state index in [-0.39, 0.29) is 18.2 Å². The number of nitrogens with one attached hydrogen (secondary N) is 1. The second-order valence-corrected chi connectivity index (χ2v) is 7.59. The van der Waals surface area contributed by atoms with Gasteiger partial charge in [0.2, 0.25) is 5.91 Å². The van der Waals surface area contributed by atoms with Crippen molar-refractivity contribution in [3.05, 3.63) is 23.3 Å². The highest BCUT2D eigenvalue weighted by molar-refractivity contribution is 5.95. The summed E-state index contributed by atoms with van der Waals surface area (Å²) in [7, 11) is 0. The monoisotopic (exact) mass is 358 g/mol. The number of rotatable bonds is 3. The number of hydrogen-bond donors (Lipinski definition) is 2. The number of amides is 2. The SMILES string of the molecule is Cc1nc(C2CC2)ncc1C(=O)N1CCC2(CC1)NC(=O)C[C@@H]2C(=O)O. The van der Waals surface area contributed by atoms with E-state index in [9.17, 15) is 19.5 Å². The van der Waals surface area contributed by atoms with Gasteiger partial charge >= 0.3 is 5.97 Å². The maximum absolute atomic E-state index is 12.8. The Morgan fingerprint density at radius 2 is 2.00 bits per heavy atom. The highest BCUT2D eigenvalue weighted by Crippen LogP contribution is 2.39. The van der Waals surface area contributed by atoms with Crippen LogP contribution in [0, 0.1) is 12.8 Å². The lowest BCUT2D eigenvalue weighted by Gasteiger charge is -2.41. The lowest BCUT2D eigenvalue weighted by atomic mass is 9.77. The summed E-state index contributed by atoms with van der Waals surface area (Å²) in [5.74, 6) is -0.785. The second-order valence-electron chi connectivity index (χ2n) is 7.59. The Morgan fingerprint density at radius 3 is 2.58 bits per heavy atom. The average Bonchev–Trinajstić information content (AvgIpc) is 3.40. The van der Waals surface area contributed by atoms with Crippen LogP contribution in [0.25, 0.3) is 0 Å². The smallest absolute Gasteiger partial charge is 0.309 e. The van der Waals surface area contributed by atoms with Crippen molar-refractivity contribution in [3.8, 4) is 0 Å². The molecular weight excluding hydrogens is 336 g/mol. The molecule has 0 radical (unpaired) electrons. The van der Waals surface area contributed by atoms with Crippen LogP contribution in [-0.2, 0) is 9.59 Å². The van der Waals surface area contributed by atoms with Crippen LogP contribution >= 0.6 is 0 Å². The number of piperidine rings is 1. The molecule has 3 aliphatic rings. The van der Waals surface area contributed by atoms with Crippen molar-refractivity contribution < 1.29 is 19.5 Å². The van der Waals surface area contributed by atoms with Crippen molar-refractivity contribution in [1.82, 2.24) is 20.2 Å². The van der Waals surface area contributed by atoms with Crippen molar-refractivity contribution in [3.63, 3.8) is 0 Å².